The molecule has 0 fully saturated rings. The molecule has 4 heteroatoms. The van der Waals surface area contributed by atoms with Gasteiger partial charge in [0.2, 0.25) is 0 Å². The monoisotopic (exact) mass is 319 g/mol. The average Bonchev–Trinajstić information content (AvgIpc) is 2.96. The van der Waals surface area contributed by atoms with Crippen LogP contribution in [0.15, 0.2) is 60.7 Å². The summed E-state index contributed by atoms with van der Waals surface area (Å²) in [7, 11) is 0. The second kappa shape index (κ2) is 6.71. The van der Waals surface area contributed by atoms with Gasteiger partial charge in [0, 0.05) is 17.7 Å². The Morgan fingerprint density at radius 1 is 1.00 bits per heavy atom. The van der Waals surface area contributed by atoms with Gasteiger partial charge in [-0.05, 0) is 44.0 Å². The number of amides is 1. The lowest BCUT2D eigenvalue weighted by atomic mass is 10.0. The predicted octanol–water partition coefficient (Wildman–Crippen LogP) is 4.69. The molecule has 2 aromatic carbocycles. The number of carbonyl (C=O) groups excluding carboxylic acids is 1. The quantitative estimate of drug-likeness (QED) is 0.758. The Morgan fingerprint density at radius 2 is 1.62 bits per heavy atom. The van der Waals surface area contributed by atoms with E-state index in [0.29, 0.717) is 5.56 Å². The molecule has 0 unspecified atom stereocenters. The molecule has 1 N–H and O–H groups in total. The van der Waals surface area contributed by atoms with Crippen LogP contribution in [0.2, 0.25) is 0 Å². The summed E-state index contributed by atoms with van der Waals surface area (Å²) in [5, 5.41) is 7.36. The van der Waals surface area contributed by atoms with E-state index in [1.54, 1.807) is 0 Å². The smallest absolute Gasteiger partial charge is 0.256 e. The van der Waals surface area contributed by atoms with E-state index in [0.717, 1.165) is 22.6 Å². The highest BCUT2D eigenvalue weighted by molar-refractivity contribution is 6.04. The van der Waals surface area contributed by atoms with Crippen molar-refractivity contribution in [3.05, 3.63) is 71.9 Å². The van der Waals surface area contributed by atoms with E-state index in [1.807, 2.05) is 74.0 Å². The third-order valence-electron chi connectivity index (χ3n) is 3.84. The van der Waals surface area contributed by atoms with Crippen LogP contribution in [0.1, 0.15) is 35.9 Å². The van der Waals surface area contributed by atoms with E-state index in [9.17, 15) is 4.79 Å². The maximum absolute atomic E-state index is 12.5. The normalized spacial score (nSPS) is 10.8. The van der Waals surface area contributed by atoms with Crippen LogP contribution in [0, 0.1) is 6.92 Å². The highest BCUT2D eigenvalue weighted by Gasteiger charge is 2.13. The van der Waals surface area contributed by atoms with Gasteiger partial charge in [0.15, 0.2) is 0 Å². The second-order valence-electron chi connectivity index (χ2n) is 6.11. The van der Waals surface area contributed by atoms with E-state index in [2.05, 4.69) is 22.5 Å². The van der Waals surface area contributed by atoms with Crippen molar-refractivity contribution >= 4 is 11.7 Å². The summed E-state index contributed by atoms with van der Waals surface area (Å²) in [4.78, 5) is 12.5. The highest BCUT2D eigenvalue weighted by Crippen LogP contribution is 2.21. The first kappa shape index (κ1) is 16.0. The van der Waals surface area contributed by atoms with E-state index in [1.165, 1.54) is 0 Å². The van der Waals surface area contributed by atoms with Crippen LogP contribution >= 0.6 is 0 Å². The molecule has 1 heterocycles. The zero-order valence-corrected chi connectivity index (χ0v) is 14.2. The van der Waals surface area contributed by atoms with Crippen molar-refractivity contribution in [3.63, 3.8) is 0 Å². The van der Waals surface area contributed by atoms with E-state index < -0.39 is 0 Å². The molecular formula is C20H21N3O. The van der Waals surface area contributed by atoms with Crippen LogP contribution in [-0.2, 0) is 0 Å². The Hall–Kier alpha value is -2.88. The van der Waals surface area contributed by atoms with Gasteiger partial charge in [0.05, 0.1) is 5.69 Å². The molecule has 0 spiro atoms. The van der Waals surface area contributed by atoms with Gasteiger partial charge in [0.1, 0.15) is 5.82 Å². The number of aryl methyl sites for hydroxylation is 1. The summed E-state index contributed by atoms with van der Waals surface area (Å²) < 4.78 is 1.82. The van der Waals surface area contributed by atoms with Gasteiger partial charge >= 0.3 is 0 Å². The number of nitrogens with one attached hydrogen (secondary N) is 1. The van der Waals surface area contributed by atoms with Gasteiger partial charge in [-0.2, -0.15) is 5.10 Å². The Bertz CT molecular complexity index is 833. The molecule has 0 radical (unpaired) electrons. The van der Waals surface area contributed by atoms with Gasteiger partial charge in [-0.15, -0.1) is 0 Å². The third-order valence-corrected chi connectivity index (χ3v) is 3.84. The second-order valence-corrected chi connectivity index (χ2v) is 6.11. The molecule has 3 aromatic rings. The third kappa shape index (κ3) is 3.38. The summed E-state index contributed by atoms with van der Waals surface area (Å²) in [5.74, 6) is 0.594. The number of rotatable bonds is 4. The number of nitrogens with zero attached hydrogens (tertiary/aromatic N) is 2. The fraction of sp³-hybridized carbons (Fsp3) is 0.200. The molecular weight excluding hydrogens is 298 g/mol. The van der Waals surface area contributed by atoms with Crippen molar-refractivity contribution < 1.29 is 4.79 Å². The van der Waals surface area contributed by atoms with Gasteiger partial charge in [-0.25, -0.2) is 4.68 Å². The van der Waals surface area contributed by atoms with Crippen molar-refractivity contribution in [2.24, 2.45) is 0 Å². The molecule has 0 saturated heterocycles. The van der Waals surface area contributed by atoms with E-state index >= 15 is 0 Å². The summed E-state index contributed by atoms with van der Waals surface area (Å²) in [6.45, 7) is 6.00. The Morgan fingerprint density at radius 3 is 2.25 bits per heavy atom. The predicted molar refractivity (Wildman–Crippen MR) is 97.2 cm³/mol. The lowest BCUT2D eigenvalue weighted by Crippen LogP contribution is -2.16. The number of hydrogen-bond acceptors (Lipinski definition) is 2. The SMILES string of the molecule is Cc1cc(NC(=O)c2ccc(-c3ccccc3)cc2)n(C(C)C)n1. The van der Waals surface area contributed by atoms with E-state index in [4.69, 9.17) is 0 Å². The van der Waals surface area contributed by atoms with Crippen LogP contribution < -0.4 is 5.32 Å². The summed E-state index contributed by atoms with van der Waals surface area (Å²) in [6, 6.07) is 19.8. The van der Waals surface area contributed by atoms with Crippen LogP contribution in [-0.4, -0.2) is 15.7 Å². The Kier molecular flexibility index (Phi) is 4.47. The van der Waals surface area contributed by atoms with Crippen molar-refractivity contribution in [1.82, 2.24) is 9.78 Å². The molecule has 0 aliphatic rings. The molecule has 1 aromatic heterocycles. The lowest BCUT2D eigenvalue weighted by molar-refractivity contribution is 0.102. The first-order valence-corrected chi connectivity index (χ1v) is 8.07. The number of hydrogen-bond donors (Lipinski definition) is 1. The number of benzene rings is 2. The fourth-order valence-corrected chi connectivity index (χ4v) is 2.64. The van der Waals surface area contributed by atoms with E-state index in [-0.39, 0.29) is 11.9 Å². The molecule has 1 amide bonds. The van der Waals surface area contributed by atoms with Gasteiger partial charge < -0.3 is 5.32 Å². The van der Waals surface area contributed by atoms with Crippen LogP contribution in [0.4, 0.5) is 5.82 Å². The van der Waals surface area contributed by atoms with Crippen LogP contribution in [0.25, 0.3) is 11.1 Å². The molecule has 0 saturated carbocycles. The van der Waals surface area contributed by atoms with Gasteiger partial charge in [-0.3, -0.25) is 4.79 Å². The number of aromatic nitrogens is 2. The molecule has 4 nitrogen and oxygen atoms in total. The molecule has 0 aliphatic heterocycles. The van der Waals surface area contributed by atoms with Crippen molar-refractivity contribution in [2.45, 2.75) is 26.8 Å². The molecule has 3 rings (SSSR count). The molecule has 0 atom stereocenters. The van der Waals surface area contributed by atoms with Crippen LogP contribution in [0.5, 0.6) is 0 Å². The molecule has 24 heavy (non-hydrogen) atoms. The average molecular weight is 319 g/mol. The first-order valence-electron chi connectivity index (χ1n) is 8.07. The zero-order valence-electron chi connectivity index (χ0n) is 14.2. The maximum atomic E-state index is 12.5. The highest BCUT2D eigenvalue weighted by atomic mass is 16.1. The zero-order chi connectivity index (χ0) is 17.1. The van der Waals surface area contributed by atoms with Gasteiger partial charge in [-0.1, -0.05) is 42.5 Å². The maximum Gasteiger partial charge on any atom is 0.256 e. The van der Waals surface area contributed by atoms with Crippen molar-refractivity contribution in [2.75, 3.05) is 5.32 Å². The molecule has 0 aliphatic carbocycles. The molecule has 122 valence electrons. The largest absolute Gasteiger partial charge is 0.307 e. The van der Waals surface area contributed by atoms with Crippen molar-refractivity contribution in [1.29, 1.82) is 0 Å². The summed E-state index contributed by atoms with van der Waals surface area (Å²) in [5.41, 5.74) is 3.75. The minimum Gasteiger partial charge on any atom is -0.307 e. The minimum absolute atomic E-state index is 0.128. The van der Waals surface area contributed by atoms with Gasteiger partial charge in [0.25, 0.3) is 5.91 Å². The summed E-state index contributed by atoms with van der Waals surface area (Å²) in [6.07, 6.45) is 0. The van der Waals surface area contributed by atoms with Crippen LogP contribution in [0.3, 0.4) is 0 Å². The summed E-state index contributed by atoms with van der Waals surface area (Å²) >= 11 is 0. The molecule has 0 bridgehead atoms. The lowest BCUT2D eigenvalue weighted by Gasteiger charge is -2.12. The standard InChI is InChI=1S/C20H21N3O/c1-14(2)23-19(13-15(3)22-23)21-20(24)18-11-9-17(10-12-18)16-7-5-4-6-8-16/h4-14H,1-3H3,(H,21,24). The minimum atomic E-state index is -0.128. The number of carbonyl (C=O) groups is 1. The van der Waals surface area contributed by atoms with Crippen molar-refractivity contribution in [3.8, 4) is 11.1 Å². The first-order chi connectivity index (χ1) is 11.5. The number of anilines is 1. The Labute approximate surface area is 142 Å². The fourth-order valence-electron chi connectivity index (χ4n) is 2.64. The topological polar surface area (TPSA) is 46.9 Å². The Balaban J connectivity index is 1.79.